The van der Waals surface area contributed by atoms with E-state index in [1.165, 1.54) is 12.1 Å². The highest BCUT2D eigenvalue weighted by Crippen LogP contribution is 2.13. The summed E-state index contributed by atoms with van der Waals surface area (Å²) in [4.78, 5) is 26.4. The lowest BCUT2D eigenvalue weighted by Gasteiger charge is -2.19. The number of nitrogens with zero attached hydrogens (tertiary/aromatic N) is 2. The summed E-state index contributed by atoms with van der Waals surface area (Å²) in [5.74, 6) is 0.612. The van der Waals surface area contributed by atoms with E-state index in [-0.39, 0.29) is 29.7 Å². The summed E-state index contributed by atoms with van der Waals surface area (Å²) >= 11 is 0. The van der Waals surface area contributed by atoms with Crippen LogP contribution in [-0.4, -0.2) is 42.2 Å². The van der Waals surface area contributed by atoms with E-state index < -0.39 is 16.6 Å². The molecule has 1 aromatic rings. The van der Waals surface area contributed by atoms with Gasteiger partial charge in [0.05, 0.1) is 11.5 Å². The summed E-state index contributed by atoms with van der Waals surface area (Å²) in [5, 5.41) is 19.8. The fraction of sp³-hybridized carbons (Fsp3) is 0.556. The molecule has 0 atom stereocenters. The van der Waals surface area contributed by atoms with Crippen molar-refractivity contribution in [1.29, 1.82) is 0 Å². The van der Waals surface area contributed by atoms with Crippen molar-refractivity contribution in [1.82, 2.24) is 16.0 Å². The number of rotatable bonds is 8. The van der Waals surface area contributed by atoms with E-state index in [0.29, 0.717) is 38.6 Å². The largest absolute Gasteiger partial charge is 0.444 e. The van der Waals surface area contributed by atoms with E-state index in [4.69, 9.17) is 4.74 Å². The third-order valence-corrected chi connectivity index (χ3v) is 3.20. The van der Waals surface area contributed by atoms with Crippen LogP contribution >= 0.6 is 24.0 Å². The molecule has 0 aliphatic rings. The molecule has 10 heteroatoms. The number of hydrogen-bond donors (Lipinski definition) is 3. The molecule has 1 rings (SSSR count). The number of non-ortho nitro benzene ring substituents is 1. The Kier molecular flexibility index (Phi) is 12.1. The minimum Gasteiger partial charge on any atom is -0.444 e. The molecule has 0 bridgehead atoms. The van der Waals surface area contributed by atoms with Gasteiger partial charge in [-0.25, -0.2) is 9.79 Å². The Bertz CT molecular complexity index is 662. The molecule has 0 aromatic heterocycles. The number of ether oxygens (including phenoxy) is 1. The summed E-state index contributed by atoms with van der Waals surface area (Å²) in [6.45, 7) is 9.50. The Hall–Kier alpha value is -2.11. The Balaban J connectivity index is 0.00000729. The number of benzene rings is 1. The maximum absolute atomic E-state index is 11.6. The van der Waals surface area contributed by atoms with Gasteiger partial charge in [-0.1, -0.05) is 12.1 Å². The molecule has 0 saturated carbocycles. The fourth-order valence-corrected chi connectivity index (χ4v) is 2.08. The molecule has 9 nitrogen and oxygen atoms in total. The number of nitrogens with one attached hydrogen (secondary N) is 3. The normalized spacial score (nSPS) is 11.2. The number of nitro groups is 1. The molecule has 0 radical (unpaired) electrons. The zero-order chi connectivity index (χ0) is 20.3. The fourth-order valence-electron chi connectivity index (χ4n) is 2.08. The van der Waals surface area contributed by atoms with E-state index >= 15 is 0 Å². The van der Waals surface area contributed by atoms with Gasteiger partial charge in [-0.3, -0.25) is 10.1 Å². The molecule has 0 aliphatic heterocycles. The topological polar surface area (TPSA) is 118 Å². The minimum atomic E-state index is -0.514. The SMILES string of the molecule is CCNC(=NCc1cccc([N+](=O)[O-])c1)NCCCNC(=O)OC(C)(C)C.I. The molecule has 0 fully saturated rings. The van der Waals surface area contributed by atoms with Crippen LogP contribution in [0.15, 0.2) is 29.3 Å². The first kappa shape index (κ1) is 25.9. The van der Waals surface area contributed by atoms with Gasteiger partial charge in [-0.15, -0.1) is 24.0 Å². The number of amides is 1. The molecule has 0 saturated heterocycles. The quantitative estimate of drug-likeness (QED) is 0.124. The molecular weight excluding hydrogens is 477 g/mol. The van der Waals surface area contributed by atoms with Gasteiger partial charge in [0.2, 0.25) is 0 Å². The van der Waals surface area contributed by atoms with E-state index in [0.717, 1.165) is 5.56 Å². The van der Waals surface area contributed by atoms with Crippen LogP contribution in [0.3, 0.4) is 0 Å². The summed E-state index contributed by atoms with van der Waals surface area (Å²) in [6, 6.07) is 6.41. The van der Waals surface area contributed by atoms with E-state index in [1.807, 2.05) is 27.7 Å². The molecule has 0 unspecified atom stereocenters. The predicted molar refractivity (Wildman–Crippen MR) is 120 cm³/mol. The Labute approximate surface area is 182 Å². The number of alkyl carbamates (subject to hydrolysis) is 1. The van der Waals surface area contributed by atoms with Crippen LogP contribution in [0.25, 0.3) is 0 Å². The zero-order valence-electron chi connectivity index (χ0n) is 16.8. The second-order valence-electron chi connectivity index (χ2n) is 6.83. The average molecular weight is 507 g/mol. The first-order valence-corrected chi connectivity index (χ1v) is 8.93. The van der Waals surface area contributed by atoms with Gasteiger partial charge in [-0.05, 0) is 39.7 Å². The van der Waals surface area contributed by atoms with Crippen molar-refractivity contribution in [3.8, 4) is 0 Å². The summed E-state index contributed by atoms with van der Waals surface area (Å²) < 4.78 is 5.16. The van der Waals surface area contributed by atoms with Crippen molar-refractivity contribution in [3.05, 3.63) is 39.9 Å². The van der Waals surface area contributed by atoms with Gasteiger partial charge in [0, 0.05) is 31.8 Å². The first-order valence-electron chi connectivity index (χ1n) is 8.93. The second-order valence-corrected chi connectivity index (χ2v) is 6.83. The van der Waals surface area contributed by atoms with Crippen LogP contribution in [0.1, 0.15) is 39.7 Å². The number of aliphatic imine (C=N–C) groups is 1. The number of carbonyl (C=O) groups is 1. The van der Waals surface area contributed by atoms with Crippen LogP contribution in [0.5, 0.6) is 0 Å². The average Bonchev–Trinajstić information content (AvgIpc) is 2.58. The summed E-state index contributed by atoms with van der Waals surface area (Å²) in [5.41, 5.74) is 0.293. The van der Waals surface area contributed by atoms with Crippen molar-refractivity contribution in [2.24, 2.45) is 4.99 Å². The van der Waals surface area contributed by atoms with Crippen LogP contribution < -0.4 is 16.0 Å². The molecular formula is C18H30IN5O4. The van der Waals surface area contributed by atoms with Crippen LogP contribution in [0.2, 0.25) is 0 Å². The van der Waals surface area contributed by atoms with Gasteiger partial charge in [-0.2, -0.15) is 0 Å². The Morgan fingerprint density at radius 2 is 1.89 bits per heavy atom. The molecule has 0 heterocycles. The number of nitro benzene ring substituents is 1. The van der Waals surface area contributed by atoms with Crippen molar-refractivity contribution < 1.29 is 14.5 Å². The molecule has 1 aromatic carbocycles. The third kappa shape index (κ3) is 11.6. The lowest BCUT2D eigenvalue weighted by Crippen LogP contribution is -2.39. The zero-order valence-corrected chi connectivity index (χ0v) is 19.1. The lowest BCUT2D eigenvalue weighted by atomic mass is 10.2. The van der Waals surface area contributed by atoms with E-state index in [1.54, 1.807) is 12.1 Å². The maximum atomic E-state index is 11.6. The van der Waals surface area contributed by atoms with Crippen LogP contribution in [-0.2, 0) is 11.3 Å². The van der Waals surface area contributed by atoms with E-state index in [9.17, 15) is 14.9 Å². The highest BCUT2D eigenvalue weighted by Gasteiger charge is 2.15. The standard InChI is InChI=1S/C18H29N5O4.HI/c1-5-19-16(20-10-7-11-21-17(24)27-18(2,3)4)22-13-14-8-6-9-15(12-14)23(25)26;/h6,8-9,12H,5,7,10-11,13H2,1-4H3,(H,21,24)(H2,19,20,22);1H. The van der Waals surface area contributed by atoms with Gasteiger partial charge in [0.15, 0.2) is 5.96 Å². The monoisotopic (exact) mass is 507 g/mol. The van der Waals surface area contributed by atoms with Gasteiger partial charge < -0.3 is 20.7 Å². The Morgan fingerprint density at radius 1 is 1.21 bits per heavy atom. The number of guanidine groups is 1. The van der Waals surface area contributed by atoms with Gasteiger partial charge in [0.1, 0.15) is 5.60 Å². The molecule has 0 spiro atoms. The molecule has 28 heavy (non-hydrogen) atoms. The van der Waals surface area contributed by atoms with Crippen molar-refractivity contribution >= 4 is 41.7 Å². The number of halogens is 1. The second kappa shape index (κ2) is 13.1. The maximum Gasteiger partial charge on any atom is 0.407 e. The summed E-state index contributed by atoms with van der Waals surface area (Å²) in [7, 11) is 0. The molecule has 158 valence electrons. The minimum absolute atomic E-state index is 0. The number of carbonyl (C=O) groups excluding carboxylic acids is 1. The smallest absolute Gasteiger partial charge is 0.407 e. The number of hydrogen-bond acceptors (Lipinski definition) is 5. The highest BCUT2D eigenvalue weighted by molar-refractivity contribution is 14.0. The van der Waals surface area contributed by atoms with Crippen LogP contribution in [0.4, 0.5) is 10.5 Å². The first-order chi connectivity index (χ1) is 12.7. The van der Waals surface area contributed by atoms with Crippen molar-refractivity contribution in [3.63, 3.8) is 0 Å². The van der Waals surface area contributed by atoms with Crippen molar-refractivity contribution in [2.45, 2.75) is 46.3 Å². The predicted octanol–water partition coefficient (Wildman–Crippen LogP) is 3.18. The lowest BCUT2D eigenvalue weighted by molar-refractivity contribution is -0.384. The van der Waals surface area contributed by atoms with Gasteiger partial charge >= 0.3 is 6.09 Å². The molecule has 1 amide bonds. The molecule has 0 aliphatic carbocycles. The van der Waals surface area contributed by atoms with Crippen molar-refractivity contribution in [2.75, 3.05) is 19.6 Å². The summed E-state index contributed by atoms with van der Waals surface area (Å²) in [6.07, 6.45) is 0.259. The van der Waals surface area contributed by atoms with Crippen LogP contribution in [0, 0.1) is 10.1 Å². The third-order valence-electron chi connectivity index (χ3n) is 3.20. The van der Waals surface area contributed by atoms with Gasteiger partial charge in [0.25, 0.3) is 5.69 Å². The van der Waals surface area contributed by atoms with E-state index in [2.05, 4.69) is 20.9 Å². The molecule has 3 N–H and O–H groups in total. The highest BCUT2D eigenvalue weighted by atomic mass is 127. The Morgan fingerprint density at radius 3 is 2.50 bits per heavy atom.